The van der Waals surface area contributed by atoms with E-state index < -0.39 is 0 Å². The number of Topliss-reactive ketones (excluding diaryl/α,β-unsaturated/α-hetero) is 1. The highest BCUT2D eigenvalue weighted by atomic mass is 32.1. The first-order valence-corrected chi connectivity index (χ1v) is 7.15. The molecular formula is C13H14N2O2S. The Labute approximate surface area is 109 Å². The zero-order valence-electron chi connectivity index (χ0n) is 9.96. The Bertz CT molecular complexity index is 533. The van der Waals surface area contributed by atoms with Gasteiger partial charge in [0.1, 0.15) is 5.78 Å². The Morgan fingerprint density at radius 1 is 1.44 bits per heavy atom. The predicted molar refractivity (Wildman–Crippen MR) is 68.3 cm³/mol. The second-order valence-electron chi connectivity index (χ2n) is 4.64. The number of ketones is 1. The molecule has 1 fully saturated rings. The molecule has 3 rings (SSSR count). The van der Waals surface area contributed by atoms with Gasteiger partial charge in [-0.3, -0.25) is 4.79 Å². The third kappa shape index (κ3) is 2.36. The summed E-state index contributed by atoms with van der Waals surface area (Å²) in [7, 11) is 0. The molecule has 0 N–H and O–H groups in total. The molecule has 0 amide bonds. The van der Waals surface area contributed by atoms with E-state index in [-0.39, 0.29) is 5.92 Å². The lowest BCUT2D eigenvalue weighted by Crippen LogP contribution is -2.21. The van der Waals surface area contributed by atoms with Crippen LogP contribution in [0.25, 0.3) is 11.4 Å². The van der Waals surface area contributed by atoms with Gasteiger partial charge in [0.05, 0.1) is 0 Å². The van der Waals surface area contributed by atoms with Crippen LogP contribution in [0, 0.1) is 5.92 Å². The van der Waals surface area contributed by atoms with E-state index in [1.54, 1.807) is 11.3 Å². The second kappa shape index (κ2) is 5.02. The number of rotatable bonds is 3. The lowest BCUT2D eigenvalue weighted by atomic mass is 9.86. The normalized spacial score (nSPS) is 20.2. The molecule has 2 heterocycles. The van der Waals surface area contributed by atoms with Gasteiger partial charge in [-0.2, -0.15) is 16.3 Å². The first-order valence-electron chi connectivity index (χ1n) is 6.21. The molecule has 1 unspecified atom stereocenters. The minimum atomic E-state index is 0.0783. The Hall–Kier alpha value is -1.49. The highest BCUT2D eigenvalue weighted by Gasteiger charge is 2.24. The molecule has 0 aliphatic heterocycles. The summed E-state index contributed by atoms with van der Waals surface area (Å²) >= 11 is 1.60. The summed E-state index contributed by atoms with van der Waals surface area (Å²) < 4.78 is 5.23. The second-order valence-corrected chi connectivity index (χ2v) is 5.42. The van der Waals surface area contributed by atoms with E-state index >= 15 is 0 Å². The van der Waals surface area contributed by atoms with E-state index in [2.05, 4.69) is 10.1 Å². The van der Waals surface area contributed by atoms with E-state index in [0.29, 0.717) is 30.3 Å². The number of hydrogen-bond acceptors (Lipinski definition) is 5. The minimum Gasteiger partial charge on any atom is -0.339 e. The standard InChI is InChI=1S/C13H14N2O2S/c16-11-4-2-1-3-9(11)7-12-14-13(15-17-12)10-5-6-18-8-10/h5-6,8-9H,1-4,7H2. The van der Waals surface area contributed by atoms with E-state index in [9.17, 15) is 4.79 Å². The Kier molecular flexibility index (Phi) is 3.23. The van der Waals surface area contributed by atoms with Crippen LogP contribution >= 0.6 is 11.3 Å². The topological polar surface area (TPSA) is 56.0 Å². The van der Waals surface area contributed by atoms with Crippen molar-refractivity contribution in [3.63, 3.8) is 0 Å². The molecule has 94 valence electrons. The monoisotopic (exact) mass is 262 g/mol. The van der Waals surface area contributed by atoms with Crippen molar-refractivity contribution in [1.82, 2.24) is 10.1 Å². The van der Waals surface area contributed by atoms with Crippen molar-refractivity contribution in [3.8, 4) is 11.4 Å². The van der Waals surface area contributed by atoms with Crippen LogP contribution in [0.2, 0.25) is 0 Å². The van der Waals surface area contributed by atoms with Crippen LogP contribution in [0.15, 0.2) is 21.3 Å². The van der Waals surface area contributed by atoms with Crippen LogP contribution in [0.3, 0.4) is 0 Å². The number of carbonyl (C=O) groups excluding carboxylic acids is 1. The molecule has 1 aliphatic rings. The van der Waals surface area contributed by atoms with Gasteiger partial charge in [0.25, 0.3) is 0 Å². The Morgan fingerprint density at radius 2 is 2.39 bits per heavy atom. The molecule has 4 nitrogen and oxygen atoms in total. The van der Waals surface area contributed by atoms with Crippen LogP contribution in [0.4, 0.5) is 0 Å². The molecule has 1 saturated carbocycles. The fourth-order valence-electron chi connectivity index (χ4n) is 2.33. The van der Waals surface area contributed by atoms with Gasteiger partial charge in [-0.25, -0.2) is 0 Å². The molecule has 0 spiro atoms. The molecule has 2 aromatic rings. The van der Waals surface area contributed by atoms with Crippen LogP contribution in [0.1, 0.15) is 31.6 Å². The zero-order chi connectivity index (χ0) is 12.4. The summed E-state index contributed by atoms with van der Waals surface area (Å²) in [5.74, 6) is 1.62. The number of aromatic nitrogens is 2. The largest absolute Gasteiger partial charge is 0.339 e. The van der Waals surface area contributed by atoms with Gasteiger partial charge in [0, 0.05) is 29.7 Å². The highest BCUT2D eigenvalue weighted by Crippen LogP contribution is 2.25. The first-order chi connectivity index (χ1) is 8.83. The summed E-state index contributed by atoms with van der Waals surface area (Å²) in [5.41, 5.74) is 0.977. The molecule has 1 atom stereocenters. The van der Waals surface area contributed by atoms with Crippen molar-refractivity contribution in [2.45, 2.75) is 32.1 Å². The van der Waals surface area contributed by atoms with Crippen molar-refractivity contribution in [2.75, 3.05) is 0 Å². The summed E-state index contributed by atoms with van der Waals surface area (Å²) in [4.78, 5) is 16.1. The summed E-state index contributed by atoms with van der Waals surface area (Å²) in [6, 6.07) is 1.96. The van der Waals surface area contributed by atoms with Crippen LogP contribution in [-0.4, -0.2) is 15.9 Å². The maximum absolute atomic E-state index is 11.7. The zero-order valence-corrected chi connectivity index (χ0v) is 10.8. The van der Waals surface area contributed by atoms with Crippen molar-refractivity contribution >= 4 is 17.1 Å². The van der Waals surface area contributed by atoms with Gasteiger partial charge < -0.3 is 4.52 Å². The molecule has 0 saturated heterocycles. The van der Waals surface area contributed by atoms with Gasteiger partial charge >= 0.3 is 0 Å². The lowest BCUT2D eigenvalue weighted by Gasteiger charge is -2.18. The molecule has 2 aromatic heterocycles. The first kappa shape index (κ1) is 11.6. The summed E-state index contributed by atoms with van der Waals surface area (Å²) in [5, 5.41) is 7.93. The van der Waals surface area contributed by atoms with Crippen LogP contribution < -0.4 is 0 Å². The molecular weight excluding hydrogens is 248 g/mol. The molecule has 0 bridgehead atoms. The van der Waals surface area contributed by atoms with Crippen molar-refractivity contribution in [1.29, 1.82) is 0 Å². The van der Waals surface area contributed by atoms with Crippen molar-refractivity contribution in [3.05, 3.63) is 22.7 Å². The minimum absolute atomic E-state index is 0.0783. The number of nitrogens with zero attached hydrogens (tertiary/aromatic N) is 2. The third-order valence-electron chi connectivity index (χ3n) is 3.35. The Balaban J connectivity index is 1.72. The number of carbonyl (C=O) groups is 1. The fraction of sp³-hybridized carbons (Fsp3) is 0.462. The smallest absolute Gasteiger partial charge is 0.227 e. The number of thiophene rings is 1. The van der Waals surface area contributed by atoms with Gasteiger partial charge in [-0.05, 0) is 24.3 Å². The quantitative estimate of drug-likeness (QED) is 0.852. The van der Waals surface area contributed by atoms with Gasteiger partial charge in [-0.1, -0.05) is 11.6 Å². The maximum Gasteiger partial charge on any atom is 0.227 e. The van der Waals surface area contributed by atoms with Gasteiger partial charge in [0.15, 0.2) is 0 Å². The molecule has 0 radical (unpaired) electrons. The van der Waals surface area contributed by atoms with Crippen molar-refractivity contribution in [2.24, 2.45) is 5.92 Å². The predicted octanol–water partition coefficient (Wildman–Crippen LogP) is 3.10. The van der Waals surface area contributed by atoms with Crippen molar-refractivity contribution < 1.29 is 9.32 Å². The van der Waals surface area contributed by atoms with E-state index in [0.717, 1.165) is 24.8 Å². The summed E-state index contributed by atoms with van der Waals surface area (Å²) in [6.07, 6.45) is 4.41. The number of hydrogen-bond donors (Lipinski definition) is 0. The van der Waals surface area contributed by atoms with E-state index in [1.807, 2.05) is 16.8 Å². The molecule has 18 heavy (non-hydrogen) atoms. The van der Waals surface area contributed by atoms with E-state index in [4.69, 9.17) is 4.52 Å². The highest BCUT2D eigenvalue weighted by molar-refractivity contribution is 7.08. The SMILES string of the molecule is O=C1CCCCC1Cc1nc(-c2ccsc2)no1. The maximum atomic E-state index is 11.7. The molecule has 5 heteroatoms. The van der Waals surface area contributed by atoms with Crippen LogP contribution in [-0.2, 0) is 11.2 Å². The lowest BCUT2D eigenvalue weighted by molar-refractivity contribution is -0.124. The van der Waals surface area contributed by atoms with Crippen LogP contribution in [0.5, 0.6) is 0 Å². The Morgan fingerprint density at radius 3 is 3.17 bits per heavy atom. The molecule has 1 aliphatic carbocycles. The average Bonchev–Trinajstić information content (AvgIpc) is 3.02. The fourth-order valence-corrected chi connectivity index (χ4v) is 2.96. The van der Waals surface area contributed by atoms with Gasteiger partial charge in [-0.15, -0.1) is 0 Å². The summed E-state index contributed by atoms with van der Waals surface area (Å²) in [6.45, 7) is 0. The third-order valence-corrected chi connectivity index (χ3v) is 4.03. The van der Waals surface area contributed by atoms with Gasteiger partial charge in [0.2, 0.25) is 11.7 Å². The molecule has 0 aromatic carbocycles. The average molecular weight is 262 g/mol. The van der Waals surface area contributed by atoms with E-state index in [1.165, 1.54) is 0 Å².